The Balaban J connectivity index is 2.79. The van der Waals surface area contributed by atoms with E-state index in [9.17, 15) is 9.18 Å². The lowest BCUT2D eigenvalue weighted by Gasteiger charge is -2.25. The second kappa shape index (κ2) is 7.19. The van der Waals surface area contributed by atoms with Crippen molar-refractivity contribution < 1.29 is 13.9 Å². The number of anilines is 1. The third-order valence-corrected chi connectivity index (χ3v) is 2.65. The van der Waals surface area contributed by atoms with Gasteiger partial charge in [0.1, 0.15) is 11.6 Å². The number of carbonyl (C=O) groups excluding carboxylic acids is 1. The van der Waals surface area contributed by atoms with Gasteiger partial charge in [0, 0.05) is 19.7 Å². The zero-order chi connectivity index (χ0) is 15.2. The van der Waals surface area contributed by atoms with Crippen LogP contribution in [0.15, 0.2) is 12.3 Å². The van der Waals surface area contributed by atoms with Gasteiger partial charge in [0.2, 0.25) is 0 Å². The summed E-state index contributed by atoms with van der Waals surface area (Å²) in [5.74, 6) is -0.540. The van der Waals surface area contributed by atoms with Gasteiger partial charge in [0.05, 0.1) is 17.4 Å². The lowest BCUT2D eigenvalue weighted by atomic mass is 10.1. The number of pyridine rings is 1. The summed E-state index contributed by atoms with van der Waals surface area (Å²) in [4.78, 5) is 16.0. The molecule has 0 saturated carbocycles. The first-order valence-electron chi connectivity index (χ1n) is 6.71. The van der Waals surface area contributed by atoms with Crippen molar-refractivity contribution in [3.05, 3.63) is 23.6 Å². The molecule has 0 aliphatic rings. The van der Waals surface area contributed by atoms with E-state index in [4.69, 9.17) is 4.74 Å². The van der Waals surface area contributed by atoms with Crippen molar-refractivity contribution >= 4 is 11.7 Å². The normalized spacial score (nSPS) is 11.2. The van der Waals surface area contributed by atoms with Gasteiger partial charge in [-0.25, -0.2) is 9.37 Å². The fourth-order valence-electron chi connectivity index (χ4n) is 1.75. The number of carbonyl (C=O) groups is 1. The van der Waals surface area contributed by atoms with Gasteiger partial charge in [0.25, 0.3) is 5.91 Å². The van der Waals surface area contributed by atoms with E-state index in [1.54, 1.807) is 0 Å². The Labute approximate surface area is 118 Å². The minimum absolute atomic E-state index is 0.194. The third-order valence-electron chi connectivity index (χ3n) is 2.65. The lowest BCUT2D eigenvalue weighted by Crippen LogP contribution is -2.40. The van der Waals surface area contributed by atoms with Crippen LogP contribution in [-0.2, 0) is 4.74 Å². The number of amides is 1. The smallest absolute Gasteiger partial charge is 0.255 e. The minimum Gasteiger partial charge on any atom is -0.374 e. The van der Waals surface area contributed by atoms with Crippen molar-refractivity contribution in [3.8, 4) is 0 Å². The van der Waals surface area contributed by atoms with Crippen molar-refractivity contribution in [2.24, 2.45) is 0 Å². The van der Waals surface area contributed by atoms with Gasteiger partial charge in [-0.3, -0.25) is 4.79 Å². The van der Waals surface area contributed by atoms with E-state index in [2.05, 4.69) is 15.6 Å². The summed E-state index contributed by atoms with van der Waals surface area (Å²) in [7, 11) is 0. The summed E-state index contributed by atoms with van der Waals surface area (Å²) >= 11 is 0. The molecule has 0 saturated heterocycles. The van der Waals surface area contributed by atoms with Crippen molar-refractivity contribution in [2.45, 2.75) is 33.3 Å². The van der Waals surface area contributed by atoms with Gasteiger partial charge >= 0.3 is 0 Å². The standard InChI is InChI=1S/C14H22FN3O2/c1-5-16-12-11(7-10(15)8-17-12)13(19)18-9-14(3,4)20-6-2/h7-8H,5-6,9H2,1-4H3,(H,16,17)(H,18,19). The van der Waals surface area contributed by atoms with E-state index in [1.807, 2.05) is 27.7 Å². The molecule has 0 unspecified atom stereocenters. The Hall–Kier alpha value is -1.69. The molecule has 0 atom stereocenters. The second-order valence-corrected chi connectivity index (χ2v) is 4.96. The molecule has 20 heavy (non-hydrogen) atoms. The predicted molar refractivity (Wildman–Crippen MR) is 76.4 cm³/mol. The highest BCUT2D eigenvalue weighted by Crippen LogP contribution is 2.14. The zero-order valence-corrected chi connectivity index (χ0v) is 12.4. The van der Waals surface area contributed by atoms with Crippen molar-refractivity contribution in [1.82, 2.24) is 10.3 Å². The van der Waals surface area contributed by atoms with Crippen molar-refractivity contribution in [3.63, 3.8) is 0 Å². The lowest BCUT2D eigenvalue weighted by molar-refractivity contribution is -0.00815. The van der Waals surface area contributed by atoms with Crippen LogP contribution in [0.5, 0.6) is 0 Å². The Morgan fingerprint density at radius 3 is 2.75 bits per heavy atom. The molecular weight excluding hydrogens is 261 g/mol. The SMILES string of the molecule is CCNc1ncc(F)cc1C(=O)NCC(C)(C)OCC. The summed E-state index contributed by atoms with van der Waals surface area (Å²) in [6.45, 7) is 9.03. The van der Waals surface area contributed by atoms with Gasteiger partial charge in [-0.2, -0.15) is 0 Å². The van der Waals surface area contributed by atoms with E-state index >= 15 is 0 Å². The van der Waals surface area contributed by atoms with Crippen LogP contribution in [0.1, 0.15) is 38.1 Å². The van der Waals surface area contributed by atoms with Crippen molar-refractivity contribution in [2.75, 3.05) is 25.0 Å². The number of halogens is 1. The number of ether oxygens (including phenoxy) is 1. The molecule has 6 heteroatoms. The molecule has 1 aromatic rings. The fraction of sp³-hybridized carbons (Fsp3) is 0.571. The maximum Gasteiger partial charge on any atom is 0.255 e. The number of nitrogens with one attached hydrogen (secondary N) is 2. The van der Waals surface area contributed by atoms with Crippen LogP contribution in [0.2, 0.25) is 0 Å². The Morgan fingerprint density at radius 2 is 2.15 bits per heavy atom. The number of rotatable bonds is 7. The highest BCUT2D eigenvalue weighted by atomic mass is 19.1. The molecule has 1 rings (SSSR count). The van der Waals surface area contributed by atoms with Crippen LogP contribution in [0.3, 0.4) is 0 Å². The van der Waals surface area contributed by atoms with Crippen LogP contribution in [0.25, 0.3) is 0 Å². The maximum atomic E-state index is 13.2. The number of hydrogen-bond donors (Lipinski definition) is 2. The predicted octanol–water partition coefficient (Wildman–Crippen LogP) is 2.20. The first kappa shape index (κ1) is 16.4. The summed E-state index contributed by atoms with van der Waals surface area (Å²) < 4.78 is 18.7. The number of aromatic nitrogens is 1. The average Bonchev–Trinajstić information content (AvgIpc) is 2.38. The van der Waals surface area contributed by atoms with E-state index in [-0.39, 0.29) is 11.5 Å². The fourth-order valence-corrected chi connectivity index (χ4v) is 1.75. The molecule has 0 aliphatic carbocycles. The van der Waals surface area contributed by atoms with Crippen LogP contribution < -0.4 is 10.6 Å². The molecule has 0 aliphatic heterocycles. The molecule has 0 radical (unpaired) electrons. The second-order valence-electron chi connectivity index (χ2n) is 4.96. The third kappa shape index (κ3) is 4.77. The largest absolute Gasteiger partial charge is 0.374 e. The first-order valence-corrected chi connectivity index (χ1v) is 6.71. The summed E-state index contributed by atoms with van der Waals surface area (Å²) in [6.07, 6.45) is 1.08. The topological polar surface area (TPSA) is 63.2 Å². The van der Waals surface area contributed by atoms with E-state index in [0.29, 0.717) is 25.5 Å². The number of nitrogens with zero attached hydrogens (tertiary/aromatic N) is 1. The molecule has 112 valence electrons. The molecule has 5 nitrogen and oxygen atoms in total. The van der Waals surface area contributed by atoms with Crippen LogP contribution in [0, 0.1) is 5.82 Å². The van der Waals surface area contributed by atoms with Gasteiger partial charge in [-0.15, -0.1) is 0 Å². The molecule has 0 aromatic carbocycles. The molecule has 1 amide bonds. The highest BCUT2D eigenvalue weighted by molar-refractivity contribution is 5.98. The Morgan fingerprint density at radius 1 is 1.45 bits per heavy atom. The Bertz CT molecular complexity index is 464. The van der Waals surface area contributed by atoms with E-state index in [0.717, 1.165) is 6.20 Å². The quantitative estimate of drug-likeness (QED) is 0.805. The minimum atomic E-state index is -0.541. The van der Waals surface area contributed by atoms with Crippen LogP contribution >= 0.6 is 0 Å². The summed E-state index contributed by atoms with van der Waals surface area (Å²) in [5.41, 5.74) is -0.275. The maximum absolute atomic E-state index is 13.2. The van der Waals surface area contributed by atoms with Gasteiger partial charge in [-0.1, -0.05) is 0 Å². The van der Waals surface area contributed by atoms with Gasteiger partial charge in [-0.05, 0) is 33.8 Å². The van der Waals surface area contributed by atoms with Gasteiger partial charge in [0.15, 0.2) is 0 Å². The van der Waals surface area contributed by atoms with Gasteiger partial charge < -0.3 is 15.4 Å². The highest BCUT2D eigenvalue weighted by Gasteiger charge is 2.20. The molecule has 0 spiro atoms. The summed E-state index contributed by atoms with van der Waals surface area (Å²) in [5, 5.41) is 5.68. The van der Waals surface area contributed by atoms with E-state index < -0.39 is 11.4 Å². The zero-order valence-electron chi connectivity index (χ0n) is 12.4. The summed E-state index contributed by atoms with van der Waals surface area (Å²) in [6, 6.07) is 1.17. The van der Waals surface area contributed by atoms with E-state index in [1.165, 1.54) is 6.07 Å². The van der Waals surface area contributed by atoms with Crippen LogP contribution in [-0.4, -0.2) is 36.2 Å². The van der Waals surface area contributed by atoms with Crippen molar-refractivity contribution in [1.29, 1.82) is 0 Å². The molecule has 0 fully saturated rings. The first-order chi connectivity index (χ1) is 9.39. The Kier molecular flexibility index (Phi) is 5.88. The molecule has 1 heterocycles. The molecular formula is C14H22FN3O2. The monoisotopic (exact) mass is 283 g/mol. The molecule has 1 aromatic heterocycles. The van der Waals surface area contributed by atoms with Crippen LogP contribution in [0.4, 0.5) is 10.2 Å². The average molecular weight is 283 g/mol. The molecule has 0 bridgehead atoms. The number of hydrogen-bond acceptors (Lipinski definition) is 4. The molecule has 2 N–H and O–H groups in total.